The van der Waals surface area contributed by atoms with Gasteiger partial charge >= 0.3 is 6.09 Å². The lowest BCUT2D eigenvalue weighted by Gasteiger charge is -2.48. The molecule has 7 nitrogen and oxygen atoms in total. The van der Waals surface area contributed by atoms with Crippen LogP contribution in [0.2, 0.25) is 5.02 Å². The van der Waals surface area contributed by atoms with E-state index in [0.717, 1.165) is 38.1 Å². The number of fused-ring (bicyclic) bond motifs is 3. The van der Waals surface area contributed by atoms with Crippen LogP contribution in [0.5, 0.6) is 5.75 Å². The van der Waals surface area contributed by atoms with E-state index in [1.165, 1.54) is 43.5 Å². The highest BCUT2D eigenvalue weighted by atomic mass is 35.5. The molecule has 1 unspecified atom stereocenters. The lowest BCUT2D eigenvalue weighted by atomic mass is 9.72. The van der Waals surface area contributed by atoms with E-state index in [4.69, 9.17) is 21.1 Å². The number of benzene rings is 2. The number of amides is 1. The first kappa shape index (κ1) is 28.7. The van der Waals surface area contributed by atoms with Gasteiger partial charge in [-0.15, -0.1) is 0 Å². The van der Waals surface area contributed by atoms with Crippen molar-refractivity contribution < 1.29 is 31.5 Å². The molecule has 3 atom stereocenters. The van der Waals surface area contributed by atoms with E-state index in [2.05, 4.69) is 4.90 Å². The predicted molar refractivity (Wildman–Crippen MR) is 150 cm³/mol. The molecule has 41 heavy (non-hydrogen) atoms. The summed E-state index contributed by atoms with van der Waals surface area (Å²) in [5, 5.41) is 0.359. The number of piperidine rings is 2. The minimum Gasteiger partial charge on any atom is -0.490 e. The minimum atomic E-state index is -4.24. The minimum absolute atomic E-state index is 0.0320. The highest BCUT2D eigenvalue weighted by Gasteiger charge is 2.60. The number of hydrogen-bond donors (Lipinski definition) is 0. The van der Waals surface area contributed by atoms with Gasteiger partial charge in [-0.25, -0.2) is 22.0 Å². The standard InChI is InChI=1S/C30H35ClF2N2O5S/c31-21-4-6-24(7-5-21)41(37,38)30-13-10-23(18-20(30)19-39-28-26(33)9-8-25(32)27(28)30)40-29(36)35-16-11-22(12-17-35)34-14-2-1-3-15-34/h4-9,20,22-23H,1-3,10-19H2/t20?,23-,30+/m1/s1. The molecule has 3 heterocycles. The number of sulfone groups is 1. The molecule has 2 saturated heterocycles. The van der Waals surface area contributed by atoms with Gasteiger partial charge in [0.2, 0.25) is 0 Å². The Morgan fingerprint density at radius 1 is 0.951 bits per heavy atom. The zero-order valence-corrected chi connectivity index (χ0v) is 24.4. The summed E-state index contributed by atoms with van der Waals surface area (Å²) >= 11 is 6.01. The second kappa shape index (κ2) is 11.3. The molecule has 0 spiro atoms. The van der Waals surface area contributed by atoms with Gasteiger partial charge in [-0.1, -0.05) is 18.0 Å². The summed E-state index contributed by atoms with van der Waals surface area (Å²) in [5.41, 5.74) is -0.284. The first-order valence-electron chi connectivity index (χ1n) is 14.5. The van der Waals surface area contributed by atoms with Gasteiger partial charge in [-0.2, -0.15) is 0 Å². The van der Waals surface area contributed by atoms with Crippen LogP contribution in [-0.4, -0.2) is 69.2 Å². The Bertz CT molecular complexity index is 1390. The Hall–Kier alpha value is -2.43. The fraction of sp³-hybridized carbons (Fsp3) is 0.567. The molecule has 0 radical (unpaired) electrons. The Balaban J connectivity index is 1.22. The van der Waals surface area contributed by atoms with E-state index in [0.29, 0.717) is 24.2 Å². The summed E-state index contributed by atoms with van der Waals surface area (Å²) < 4.78 is 68.7. The first-order valence-corrected chi connectivity index (χ1v) is 16.4. The smallest absolute Gasteiger partial charge is 0.410 e. The van der Waals surface area contributed by atoms with Crippen molar-refractivity contribution in [1.82, 2.24) is 9.80 Å². The summed E-state index contributed by atoms with van der Waals surface area (Å²) in [4.78, 5) is 17.4. The van der Waals surface area contributed by atoms with Crippen molar-refractivity contribution in [2.24, 2.45) is 5.92 Å². The van der Waals surface area contributed by atoms with Gasteiger partial charge in [0.1, 0.15) is 16.7 Å². The Kier molecular flexibility index (Phi) is 7.93. The molecule has 222 valence electrons. The van der Waals surface area contributed by atoms with Crippen LogP contribution in [0.4, 0.5) is 13.6 Å². The highest BCUT2D eigenvalue weighted by Crippen LogP contribution is 2.57. The maximum absolute atomic E-state index is 15.5. The largest absolute Gasteiger partial charge is 0.490 e. The molecule has 0 aromatic heterocycles. The second-order valence-corrected chi connectivity index (χ2v) is 14.3. The summed E-state index contributed by atoms with van der Waals surface area (Å²) in [6, 6.07) is 8.07. The third-order valence-electron chi connectivity index (χ3n) is 9.46. The van der Waals surface area contributed by atoms with Crippen molar-refractivity contribution >= 4 is 27.5 Å². The maximum atomic E-state index is 15.5. The van der Waals surface area contributed by atoms with E-state index in [1.54, 1.807) is 4.90 Å². The van der Waals surface area contributed by atoms with Gasteiger partial charge in [0.15, 0.2) is 21.4 Å². The molecule has 11 heteroatoms. The summed E-state index contributed by atoms with van der Waals surface area (Å²) in [6.45, 7) is 3.33. The van der Waals surface area contributed by atoms with E-state index in [1.807, 2.05) is 0 Å². The van der Waals surface area contributed by atoms with Crippen molar-refractivity contribution in [2.45, 2.75) is 73.2 Å². The van der Waals surface area contributed by atoms with E-state index in [-0.39, 0.29) is 42.1 Å². The molecule has 1 aliphatic carbocycles. The van der Waals surface area contributed by atoms with Crippen LogP contribution in [0.15, 0.2) is 41.3 Å². The molecule has 3 aliphatic heterocycles. The lowest BCUT2D eigenvalue weighted by molar-refractivity contribution is -0.0000316. The molecule has 0 N–H and O–H groups in total. The molecule has 6 rings (SSSR count). The molecular formula is C30H35ClF2N2O5S. The van der Waals surface area contributed by atoms with Gasteiger partial charge in [-0.05, 0) is 94.4 Å². The quantitative estimate of drug-likeness (QED) is 0.428. The monoisotopic (exact) mass is 608 g/mol. The van der Waals surface area contributed by atoms with Gasteiger partial charge in [0, 0.05) is 30.1 Å². The third-order valence-corrected chi connectivity index (χ3v) is 12.3. The molecule has 0 bridgehead atoms. The van der Waals surface area contributed by atoms with Crippen LogP contribution < -0.4 is 4.74 Å². The van der Waals surface area contributed by atoms with Crippen LogP contribution in [0.25, 0.3) is 0 Å². The maximum Gasteiger partial charge on any atom is 0.410 e. The van der Waals surface area contributed by atoms with Gasteiger partial charge < -0.3 is 19.3 Å². The Morgan fingerprint density at radius 3 is 2.34 bits per heavy atom. The summed E-state index contributed by atoms with van der Waals surface area (Å²) in [7, 11) is -4.24. The predicted octanol–water partition coefficient (Wildman–Crippen LogP) is 5.94. The number of rotatable bonds is 4. The number of nitrogens with zero attached hydrogens (tertiary/aromatic N) is 2. The SMILES string of the molecule is O=C(O[C@@H]1CC[C@@]2(S(=O)(=O)c3ccc(Cl)cc3)c3c(F)ccc(F)c3OCC2C1)N1CCC(N2CCCCC2)CC1. The number of carbonyl (C=O) groups is 1. The van der Waals surface area contributed by atoms with Gasteiger partial charge in [0.05, 0.1) is 17.1 Å². The van der Waals surface area contributed by atoms with Crippen molar-refractivity contribution in [3.8, 4) is 5.75 Å². The topological polar surface area (TPSA) is 76.1 Å². The Labute approximate surface area is 244 Å². The Morgan fingerprint density at radius 2 is 1.63 bits per heavy atom. The van der Waals surface area contributed by atoms with Crippen molar-refractivity contribution in [1.29, 1.82) is 0 Å². The second-order valence-electron chi connectivity index (χ2n) is 11.7. The van der Waals surface area contributed by atoms with Crippen LogP contribution >= 0.6 is 11.6 Å². The molecule has 3 fully saturated rings. The van der Waals surface area contributed by atoms with Crippen LogP contribution in [-0.2, 0) is 19.3 Å². The van der Waals surface area contributed by atoms with Crippen molar-refractivity contribution in [2.75, 3.05) is 32.8 Å². The normalized spacial score (nSPS) is 27.4. The molecule has 1 amide bonds. The molecular weight excluding hydrogens is 574 g/mol. The fourth-order valence-corrected chi connectivity index (χ4v) is 9.81. The van der Waals surface area contributed by atoms with Gasteiger partial charge in [0.25, 0.3) is 0 Å². The summed E-state index contributed by atoms with van der Waals surface area (Å²) in [5.74, 6) is -2.78. The first-order chi connectivity index (χ1) is 19.7. The van der Waals surface area contributed by atoms with Crippen LogP contribution in [0.3, 0.4) is 0 Å². The third kappa shape index (κ3) is 5.10. The number of likely N-dealkylation sites (tertiary alicyclic amines) is 2. The molecule has 4 aliphatic rings. The number of halogens is 3. The molecule has 2 aromatic rings. The number of ether oxygens (including phenoxy) is 2. The summed E-state index contributed by atoms with van der Waals surface area (Å²) in [6.07, 6.45) is 4.86. The molecule has 1 saturated carbocycles. The van der Waals surface area contributed by atoms with E-state index < -0.39 is 44.3 Å². The van der Waals surface area contributed by atoms with E-state index in [9.17, 15) is 17.6 Å². The van der Waals surface area contributed by atoms with Crippen molar-refractivity contribution in [3.63, 3.8) is 0 Å². The van der Waals surface area contributed by atoms with Gasteiger partial charge in [-0.3, -0.25) is 0 Å². The average molecular weight is 609 g/mol. The van der Waals surface area contributed by atoms with Crippen molar-refractivity contribution in [3.05, 3.63) is 58.6 Å². The number of carbonyl (C=O) groups excluding carboxylic acids is 1. The van der Waals surface area contributed by atoms with Crippen LogP contribution in [0, 0.1) is 17.6 Å². The van der Waals surface area contributed by atoms with Crippen LogP contribution in [0.1, 0.15) is 56.9 Å². The highest BCUT2D eigenvalue weighted by molar-refractivity contribution is 7.92. The fourth-order valence-electron chi connectivity index (χ4n) is 7.32. The average Bonchev–Trinajstić information content (AvgIpc) is 2.99. The number of hydrogen-bond acceptors (Lipinski definition) is 6. The van der Waals surface area contributed by atoms with E-state index >= 15 is 4.39 Å². The zero-order chi connectivity index (χ0) is 28.8. The lowest BCUT2D eigenvalue weighted by Crippen LogP contribution is -2.54. The molecule has 2 aromatic carbocycles. The zero-order valence-electron chi connectivity index (χ0n) is 22.9.